The second-order valence-corrected chi connectivity index (χ2v) is 8.14. The number of hydrogen-bond acceptors (Lipinski definition) is 5. The van der Waals surface area contributed by atoms with Gasteiger partial charge in [0.25, 0.3) is 5.89 Å². The van der Waals surface area contributed by atoms with Crippen LogP contribution in [-0.2, 0) is 16.9 Å². The van der Waals surface area contributed by atoms with E-state index < -0.39 is 5.54 Å². The van der Waals surface area contributed by atoms with Gasteiger partial charge in [0, 0.05) is 0 Å². The van der Waals surface area contributed by atoms with Crippen molar-refractivity contribution >= 4 is 0 Å². The smallest absolute Gasteiger partial charge is 0.252 e. The van der Waals surface area contributed by atoms with E-state index in [2.05, 4.69) is 30.9 Å². The molecule has 0 radical (unpaired) electrons. The third kappa shape index (κ3) is 2.21. The number of fused-ring (bicyclic) bond motifs is 2. The van der Waals surface area contributed by atoms with E-state index in [0.717, 1.165) is 12.3 Å². The van der Waals surface area contributed by atoms with E-state index >= 15 is 0 Å². The first kappa shape index (κ1) is 15.0. The minimum Gasteiger partial charge on any atom is -0.368 e. The Morgan fingerprint density at radius 3 is 2.57 bits per heavy atom. The zero-order chi connectivity index (χ0) is 15.5. The third-order valence-corrected chi connectivity index (χ3v) is 6.17. The van der Waals surface area contributed by atoms with Gasteiger partial charge in [0.2, 0.25) is 0 Å². The van der Waals surface area contributed by atoms with Crippen LogP contribution in [0.25, 0.3) is 0 Å². The van der Waals surface area contributed by atoms with Crippen molar-refractivity contribution in [2.24, 2.45) is 22.5 Å². The van der Waals surface area contributed by atoms with E-state index in [9.17, 15) is 0 Å². The summed E-state index contributed by atoms with van der Waals surface area (Å²) in [6, 6.07) is 0. The Bertz CT molecular complexity index is 532. The Morgan fingerprint density at radius 2 is 2.10 bits per heavy atom. The van der Waals surface area contributed by atoms with Crippen molar-refractivity contribution in [2.75, 3.05) is 0 Å². The second-order valence-electron chi connectivity index (χ2n) is 8.14. The molecule has 0 saturated heterocycles. The van der Waals surface area contributed by atoms with Crippen LogP contribution in [0.2, 0.25) is 0 Å². The van der Waals surface area contributed by atoms with Crippen molar-refractivity contribution in [3.8, 4) is 0 Å². The lowest BCUT2D eigenvalue weighted by molar-refractivity contribution is -0.0619. The van der Waals surface area contributed by atoms with Gasteiger partial charge >= 0.3 is 0 Å². The highest BCUT2D eigenvalue weighted by Crippen LogP contribution is 2.66. The van der Waals surface area contributed by atoms with Gasteiger partial charge < -0.3 is 15.0 Å². The molecule has 3 atom stereocenters. The summed E-state index contributed by atoms with van der Waals surface area (Å²) in [5.74, 6) is 1.82. The molecule has 2 N–H and O–H groups in total. The number of nitrogens with two attached hydrogens (primary N) is 1. The molecule has 1 aromatic rings. The molecule has 5 nitrogen and oxygen atoms in total. The molecule has 2 saturated carbocycles. The van der Waals surface area contributed by atoms with Gasteiger partial charge in [-0.25, -0.2) is 0 Å². The Hall–Kier alpha value is -0.940. The summed E-state index contributed by atoms with van der Waals surface area (Å²) in [5, 5.41) is 3.94. The largest absolute Gasteiger partial charge is 0.368 e. The second kappa shape index (κ2) is 4.53. The maximum absolute atomic E-state index is 6.15. The zero-order valence-electron chi connectivity index (χ0n) is 13.8. The molecule has 0 aromatic carbocycles. The maximum Gasteiger partial charge on any atom is 0.252 e. The van der Waals surface area contributed by atoms with Crippen LogP contribution in [0.5, 0.6) is 0 Å². The molecule has 1 aromatic heterocycles. The van der Waals surface area contributed by atoms with Crippen molar-refractivity contribution in [3.63, 3.8) is 0 Å². The number of rotatable bonds is 4. The highest BCUT2D eigenvalue weighted by molar-refractivity contribution is 5.11. The SMILES string of the molecule is CC(C)(N)c1noc(COC2CC3CCC2(C)C3(C)C)n1. The Balaban J connectivity index is 1.66. The molecule has 0 amide bonds. The first-order valence-corrected chi connectivity index (χ1v) is 7.88. The fourth-order valence-corrected chi connectivity index (χ4v) is 4.13. The number of hydrogen-bond donors (Lipinski definition) is 1. The van der Waals surface area contributed by atoms with E-state index in [1.807, 2.05) is 13.8 Å². The average molecular weight is 293 g/mol. The molecule has 2 aliphatic carbocycles. The van der Waals surface area contributed by atoms with Crippen LogP contribution in [0.4, 0.5) is 0 Å². The summed E-state index contributed by atoms with van der Waals surface area (Å²) in [6.07, 6.45) is 4.01. The van der Waals surface area contributed by atoms with Gasteiger partial charge in [-0.05, 0) is 49.9 Å². The predicted molar refractivity (Wildman–Crippen MR) is 79.3 cm³/mol. The van der Waals surface area contributed by atoms with Crippen LogP contribution < -0.4 is 5.73 Å². The van der Waals surface area contributed by atoms with Gasteiger partial charge in [-0.1, -0.05) is 25.9 Å². The average Bonchev–Trinajstić information content (AvgIpc) is 2.97. The predicted octanol–water partition coefficient (Wildman–Crippen LogP) is 2.99. The van der Waals surface area contributed by atoms with Crippen LogP contribution in [0.1, 0.15) is 65.6 Å². The number of aromatic nitrogens is 2. The summed E-state index contributed by atoms with van der Waals surface area (Å²) < 4.78 is 11.4. The van der Waals surface area contributed by atoms with Crippen LogP contribution in [0.3, 0.4) is 0 Å². The molecular weight excluding hydrogens is 266 g/mol. The standard InChI is InChI=1S/C16H27N3O2/c1-14(2)10-6-7-16(14,5)11(8-10)20-9-12-18-13(19-21-12)15(3,4)17/h10-11H,6-9,17H2,1-5H3. The van der Waals surface area contributed by atoms with Gasteiger partial charge in [-0.3, -0.25) is 0 Å². The summed E-state index contributed by atoms with van der Waals surface area (Å²) in [7, 11) is 0. The zero-order valence-corrected chi connectivity index (χ0v) is 13.8. The lowest BCUT2D eigenvalue weighted by atomic mass is 9.70. The van der Waals surface area contributed by atoms with Crippen LogP contribution in [0.15, 0.2) is 4.52 Å². The van der Waals surface area contributed by atoms with Gasteiger partial charge in [-0.15, -0.1) is 0 Å². The van der Waals surface area contributed by atoms with Crippen molar-refractivity contribution in [2.45, 2.75) is 72.1 Å². The normalized spacial score (nSPS) is 34.6. The van der Waals surface area contributed by atoms with Crippen molar-refractivity contribution in [1.29, 1.82) is 0 Å². The number of nitrogens with zero attached hydrogens (tertiary/aromatic N) is 2. The minimum absolute atomic E-state index is 0.258. The van der Waals surface area contributed by atoms with Gasteiger partial charge in [0.05, 0.1) is 11.6 Å². The van der Waals surface area contributed by atoms with Crippen LogP contribution in [-0.4, -0.2) is 16.2 Å². The van der Waals surface area contributed by atoms with E-state index in [0.29, 0.717) is 23.7 Å². The molecule has 3 unspecified atom stereocenters. The Kier molecular flexibility index (Phi) is 3.23. The van der Waals surface area contributed by atoms with Crippen LogP contribution >= 0.6 is 0 Å². The van der Waals surface area contributed by atoms with Crippen LogP contribution in [0, 0.1) is 16.7 Å². The molecule has 1 heterocycles. The monoisotopic (exact) mass is 293 g/mol. The highest BCUT2D eigenvalue weighted by Gasteiger charge is 2.61. The Labute approximate surface area is 126 Å². The van der Waals surface area contributed by atoms with E-state index in [4.69, 9.17) is 15.0 Å². The van der Waals surface area contributed by atoms with E-state index in [-0.39, 0.29) is 11.5 Å². The van der Waals surface area contributed by atoms with E-state index in [1.54, 1.807) is 0 Å². The molecule has 2 fully saturated rings. The topological polar surface area (TPSA) is 74.2 Å². The summed E-state index contributed by atoms with van der Waals surface area (Å²) >= 11 is 0. The molecule has 0 spiro atoms. The van der Waals surface area contributed by atoms with Crippen molar-refractivity contribution < 1.29 is 9.26 Å². The molecule has 2 bridgehead atoms. The molecule has 3 rings (SSSR count). The molecular formula is C16H27N3O2. The molecule has 5 heteroatoms. The van der Waals surface area contributed by atoms with Crippen molar-refractivity contribution in [3.05, 3.63) is 11.7 Å². The quantitative estimate of drug-likeness (QED) is 0.923. The molecule has 2 aliphatic rings. The molecule has 0 aliphatic heterocycles. The van der Waals surface area contributed by atoms with Gasteiger partial charge in [0.1, 0.15) is 6.61 Å². The third-order valence-electron chi connectivity index (χ3n) is 6.17. The van der Waals surface area contributed by atoms with E-state index in [1.165, 1.54) is 12.8 Å². The fraction of sp³-hybridized carbons (Fsp3) is 0.875. The lowest BCUT2D eigenvalue weighted by Gasteiger charge is -2.38. The van der Waals surface area contributed by atoms with Crippen molar-refractivity contribution in [1.82, 2.24) is 10.1 Å². The first-order chi connectivity index (χ1) is 9.64. The summed E-state index contributed by atoms with van der Waals surface area (Å²) in [6.45, 7) is 11.2. The summed E-state index contributed by atoms with van der Waals surface area (Å²) in [4.78, 5) is 4.34. The first-order valence-electron chi connectivity index (χ1n) is 7.88. The van der Waals surface area contributed by atoms with Gasteiger partial charge in [-0.2, -0.15) is 4.98 Å². The Morgan fingerprint density at radius 1 is 1.38 bits per heavy atom. The maximum atomic E-state index is 6.15. The highest BCUT2D eigenvalue weighted by atomic mass is 16.5. The summed E-state index contributed by atoms with van der Waals surface area (Å²) in [5.41, 5.74) is 6.00. The minimum atomic E-state index is -0.581. The lowest BCUT2D eigenvalue weighted by Crippen LogP contribution is -2.37. The molecule has 21 heavy (non-hydrogen) atoms. The number of ether oxygens (including phenoxy) is 1. The van der Waals surface area contributed by atoms with Gasteiger partial charge in [0.15, 0.2) is 5.82 Å². The molecule has 118 valence electrons. The fourth-order valence-electron chi connectivity index (χ4n) is 4.13.